The Bertz CT molecular complexity index is 628. The number of nitrogens with one attached hydrogen (secondary N) is 1. The van der Waals surface area contributed by atoms with Crippen molar-refractivity contribution in [1.29, 1.82) is 0 Å². The maximum absolute atomic E-state index is 5.89. The first-order chi connectivity index (χ1) is 11.1. The second-order valence-electron chi connectivity index (χ2n) is 6.44. The molecule has 1 saturated heterocycles. The lowest BCUT2D eigenvalue weighted by Gasteiger charge is -2.30. The van der Waals surface area contributed by atoms with Crippen molar-refractivity contribution >= 4 is 23.1 Å². The topological polar surface area (TPSA) is 41.0 Å². The van der Waals surface area contributed by atoms with Gasteiger partial charge in [-0.05, 0) is 68.1 Å². The number of nitrogens with zero attached hydrogens (tertiary/aromatic N) is 3. The zero-order valence-electron chi connectivity index (χ0n) is 13.7. The maximum Gasteiger partial charge on any atom is 0.224 e. The van der Waals surface area contributed by atoms with Gasteiger partial charge in [-0.25, -0.2) is 9.97 Å². The van der Waals surface area contributed by atoms with Gasteiger partial charge in [-0.2, -0.15) is 0 Å². The third kappa shape index (κ3) is 4.66. The monoisotopic (exact) mass is 330 g/mol. The Balaban J connectivity index is 1.60. The molecule has 0 bridgehead atoms. The van der Waals surface area contributed by atoms with Crippen LogP contribution in [0, 0.1) is 12.8 Å². The lowest BCUT2D eigenvalue weighted by molar-refractivity contribution is 0.185. The van der Waals surface area contributed by atoms with Crippen LogP contribution in [-0.2, 0) is 6.54 Å². The molecule has 0 saturated carbocycles. The van der Waals surface area contributed by atoms with Crippen LogP contribution in [0.15, 0.2) is 30.3 Å². The molecule has 0 radical (unpaired) electrons. The van der Waals surface area contributed by atoms with Crippen LogP contribution in [0.5, 0.6) is 0 Å². The van der Waals surface area contributed by atoms with E-state index in [-0.39, 0.29) is 5.28 Å². The second-order valence-corrected chi connectivity index (χ2v) is 6.78. The van der Waals surface area contributed by atoms with Gasteiger partial charge in [-0.3, -0.25) is 4.90 Å². The Morgan fingerprint density at radius 3 is 2.52 bits per heavy atom. The summed E-state index contributed by atoms with van der Waals surface area (Å²) in [4.78, 5) is 10.8. The highest BCUT2D eigenvalue weighted by atomic mass is 35.5. The van der Waals surface area contributed by atoms with Crippen LogP contribution in [-0.4, -0.2) is 28.0 Å². The largest absolute Gasteiger partial charge is 0.340 e. The fourth-order valence-electron chi connectivity index (χ4n) is 2.92. The molecule has 0 amide bonds. The van der Waals surface area contributed by atoms with E-state index < -0.39 is 0 Å². The average molecular weight is 331 g/mol. The van der Waals surface area contributed by atoms with E-state index in [2.05, 4.69) is 51.4 Å². The van der Waals surface area contributed by atoms with Gasteiger partial charge in [0.2, 0.25) is 5.28 Å². The first-order valence-electron chi connectivity index (χ1n) is 8.18. The standard InChI is InChI=1S/C18H23ClN4/c1-13-7-9-23(10-8-13)12-15-3-5-16(6-4-15)21-17-11-14(2)20-18(19)22-17/h3-6,11,13H,7-10,12H2,1-2H3,(H,20,21,22). The highest BCUT2D eigenvalue weighted by Crippen LogP contribution is 2.20. The molecule has 1 aliphatic rings. The quantitative estimate of drug-likeness (QED) is 0.843. The molecule has 1 aliphatic heterocycles. The molecule has 0 aliphatic carbocycles. The smallest absolute Gasteiger partial charge is 0.224 e. The van der Waals surface area contributed by atoms with Gasteiger partial charge in [0.25, 0.3) is 0 Å². The molecule has 1 aromatic heterocycles. The summed E-state index contributed by atoms with van der Waals surface area (Å²) in [5, 5.41) is 3.54. The Labute approximate surface area is 142 Å². The zero-order valence-corrected chi connectivity index (χ0v) is 14.5. The molecule has 2 aromatic rings. The Morgan fingerprint density at radius 1 is 1.17 bits per heavy atom. The van der Waals surface area contributed by atoms with E-state index in [0.717, 1.165) is 29.7 Å². The normalized spacial score (nSPS) is 16.5. The summed E-state index contributed by atoms with van der Waals surface area (Å²) in [6.07, 6.45) is 2.63. The van der Waals surface area contributed by atoms with Crippen molar-refractivity contribution in [3.05, 3.63) is 46.9 Å². The van der Waals surface area contributed by atoms with Crippen LogP contribution in [0.3, 0.4) is 0 Å². The number of aromatic nitrogens is 2. The highest BCUT2D eigenvalue weighted by molar-refractivity contribution is 6.28. The van der Waals surface area contributed by atoms with Crippen molar-refractivity contribution in [2.45, 2.75) is 33.2 Å². The first kappa shape index (κ1) is 16.2. The Kier molecular flexibility index (Phi) is 5.13. The van der Waals surface area contributed by atoms with E-state index in [1.165, 1.54) is 31.5 Å². The molecule has 1 aromatic carbocycles. The summed E-state index contributed by atoms with van der Waals surface area (Å²) >= 11 is 5.89. The minimum atomic E-state index is 0.267. The maximum atomic E-state index is 5.89. The van der Waals surface area contributed by atoms with Gasteiger partial charge in [0, 0.05) is 24.0 Å². The van der Waals surface area contributed by atoms with Crippen LogP contribution in [0.25, 0.3) is 0 Å². The van der Waals surface area contributed by atoms with Crippen molar-refractivity contribution in [3.63, 3.8) is 0 Å². The number of piperidine rings is 1. The summed E-state index contributed by atoms with van der Waals surface area (Å²) < 4.78 is 0. The SMILES string of the molecule is Cc1cc(Nc2ccc(CN3CCC(C)CC3)cc2)nc(Cl)n1. The Morgan fingerprint density at radius 2 is 1.87 bits per heavy atom. The molecule has 0 unspecified atom stereocenters. The van der Waals surface area contributed by atoms with Gasteiger partial charge >= 0.3 is 0 Å². The predicted molar refractivity (Wildman–Crippen MR) is 95.2 cm³/mol. The number of aryl methyl sites for hydroxylation is 1. The van der Waals surface area contributed by atoms with Crippen molar-refractivity contribution < 1.29 is 0 Å². The lowest BCUT2D eigenvalue weighted by Crippen LogP contribution is -2.32. The van der Waals surface area contributed by atoms with Crippen molar-refractivity contribution in [2.75, 3.05) is 18.4 Å². The zero-order chi connectivity index (χ0) is 16.2. The average Bonchev–Trinajstić information content (AvgIpc) is 2.50. The number of likely N-dealkylation sites (tertiary alicyclic amines) is 1. The van der Waals surface area contributed by atoms with Crippen molar-refractivity contribution in [2.24, 2.45) is 5.92 Å². The molecule has 0 spiro atoms. The summed E-state index contributed by atoms with van der Waals surface area (Å²) in [7, 11) is 0. The summed E-state index contributed by atoms with van der Waals surface area (Å²) in [5.74, 6) is 1.60. The molecule has 3 rings (SSSR count). The molecule has 2 heterocycles. The van der Waals surface area contributed by atoms with E-state index in [4.69, 9.17) is 11.6 Å². The number of anilines is 2. The molecule has 1 fully saturated rings. The van der Waals surface area contributed by atoms with E-state index in [1.807, 2.05) is 13.0 Å². The van der Waals surface area contributed by atoms with Gasteiger partial charge in [0.1, 0.15) is 5.82 Å². The summed E-state index contributed by atoms with van der Waals surface area (Å²) in [6, 6.07) is 10.4. The van der Waals surface area contributed by atoms with Crippen LogP contribution >= 0.6 is 11.6 Å². The molecule has 5 heteroatoms. The molecular weight excluding hydrogens is 308 g/mol. The third-order valence-corrected chi connectivity index (χ3v) is 4.50. The molecule has 0 atom stereocenters. The molecular formula is C18H23ClN4. The molecule has 23 heavy (non-hydrogen) atoms. The van der Waals surface area contributed by atoms with Gasteiger partial charge < -0.3 is 5.32 Å². The molecule has 122 valence electrons. The summed E-state index contributed by atoms with van der Waals surface area (Å²) in [5.41, 5.74) is 3.21. The van der Waals surface area contributed by atoms with Gasteiger partial charge in [0.05, 0.1) is 0 Å². The fraction of sp³-hybridized carbons (Fsp3) is 0.444. The molecule has 1 N–H and O–H groups in total. The van der Waals surface area contributed by atoms with Gasteiger partial charge in [-0.15, -0.1) is 0 Å². The number of rotatable bonds is 4. The van der Waals surface area contributed by atoms with Crippen LogP contribution in [0.4, 0.5) is 11.5 Å². The number of benzene rings is 1. The lowest BCUT2D eigenvalue weighted by atomic mass is 9.99. The minimum Gasteiger partial charge on any atom is -0.340 e. The number of hydrogen-bond acceptors (Lipinski definition) is 4. The summed E-state index contributed by atoms with van der Waals surface area (Å²) in [6.45, 7) is 7.70. The Hall–Kier alpha value is -1.65. The van der Waals surface area contributed by atoms with Crippen LogP contribution < -0.4 is 5.32 Å². The first-order valence-corrected chi connectivity index (χ1v) is 8.56. The van der Waals surface area contributed by atoms with E-state index in [0.29, 0.717) is 0 Å². The fourth-order valence-corrected chi connectivity index (χ4v) is 3.14. The molecule has 4 nitrogen and oxygen atoms in total. The number of halogens is 1. The van der Waals surface area contributed by atoms with E-state index >= 15 is 0 Å². The van der Waals surface area contributed by atoms with Crippen molar-refractivity contribution in [3.8, 4) is 0 Å². The minimum absolute atomic E-state index is 0.267. The van der Waals surface area contributed by atoms with E-state index in [1.54, 1.807) is 0 Å². The van der Waals surface area contributed by atoms with Gasteiger partial charge in [-0.1, -0.05) is 19.1 Å². The van der Waals surface area contributed by atoms with Crippen LogP contribution in [0.2, 0.25) is 5.28 Å². The second kappa shape index (κ2) is 7.28. The van der Waals surface area contributed by atoms with Gasteiger partial charge in [0.15, 0.2) is 0 Å². The third-order valence-electron chi connectivity index (χ3n) is 4.34. The van der Waals surface area contributed by atoms with Crippen LogP contribution in [0.1, 0.15) is 31.0 Å². The predicted octanol–water partition coefficient (Wildman–Crippen LogP) is 4.41. The highest BCUT2D eigenvalue weighted by Gasteiger charge is 2.15. The van der Waals surface area contributed by atoms with E-state index in [9.17, 15) is 0 Å². The van der Waals surface area contributed by atoms with Crippen molar-refractivity contribution in [1.82, 2.24) is 14.9 Å². The number of hydrogen-bond donors (Lipinski definition) is 1.